The average molecular weight is 475 g/mol. The number of ether oxygens (including phenoxy) is 1. The van der Waals surface area contributed by atoms with Crippen LogP contribution in [0.5, 0.6) is 0 Å². The van der Waals surface area contributed by atoms with E-state index in [1.165, 1.54) is 11.8 Å². The van der Waals surface area contributed by atoms with Gasteiger partial charge < -0.3 is 19.4 Å². The highest BCUT2D eigenvalue weighted by molar-refractivity contribution is 8.16. The highest BCUT2D eigenvalue weighted by Crippen LogP contribution is 2.46. The molecule has 1 aromatic rings. The quantitative estimate of drug-likeness (QED) is 0.611. The molecule has 2 amide bonds. The van der Waals surface area contributed by atoms with Crippen molar-refractivity contribution in [3.05, 3.63) is 44.8 Å². The predicted octanol–water partition coefficient (Wildman–Crippen LogP) is 2.97. The lowest BCUT2D eigenvalue weighted by Crippen LogP contribution is -2.50. The van der Waals surface area contributed by atoms with Gasteiger partial charge in [-0.25, -0.2) is 9.79 Å². The largest absolute Gasteiger partial charge is 0.463 e. The summed E-state index contributed by atoms with van der Waals surface area (Å²) in [4.78, 5) is 48.7. The molecule has 10 heteroatoms. The van der Waals surface area contributed by atoms with E-state index >= 15 is 0 Å². The molecule has 1 saturated heterocycles. The van der Waals surface area contributed by atoms with Crippen LogP contribution in [-0.2, 0) is 19.1 Å². The molecule has 0 spiro atoms. The first-order valence-electron chi connectivity index (χ1n) is 10.6. The number of fused-ring (bicyclic) bond motifs is 1. The molecule has 1 atom stereocenters. The number of esters is 1. The van der Waals surface area contributed by atoms with E-state index < -0.39 is 0 Å². The van der Waals surface area contributed by atoms with Crippen LogP contribution in [0.25, 0.3) is 0 Å². The fourth-order valence-corrected chi connectivity index (χ4v) is 5.88. The fraction of sp³-hybridized carbons (Fsp3) is 0.455. The Morgan fingerprint density at radius 3 is 2.53 bits per heavy atom. The van der Waals surface area contributed by atoms with Gasteiger partial charge in [0.05, 0.1) is 24.3 Å². The maximum absolute atomic E-state index is 13.1. The zero-order chi connectivity index (χ0) is 22.8. The van der Waals surface area contributed by atoms with Gasteiger partial charge in [-0.15, -0.1) is 11.3 Å². The maximum atomic E-state index is 13.1. The van der Waals surface area contributed by atoms with Gasteiger partial charge >= 0.3 is 5.97 Å². The molecule has 0 saturated carbocycles. The molecule has 3 aliphatic rings. The van der Waals surface area contributed by atoms with Crippen LogP contribution in [0.4, 0.5) is 0 Å². The second kappa shape index (κ2) is 9.50. The van der Waals surface area contributed by atoms with Gasteiger partial charge in [0, 0.05) is 43.7 Å². The van der Waals surface area contributed by atoms with E-state index in [1.807, 2.05) is 34.7 Å². The standard InChI is InChI=1S/C22H26N4O4S2/c1-4-30-21(29)19-14(2)23-22-26(20(19)17-6-5-11-31-17)16(13-32-22)12-18(28)25-9-7-24(8-10-25)15(3)27/h5-6,11,13,20H,4,7-10,12H2,1-3H3. The van der Waals surface area contributed by atoms with E-state index in [2.05, 4.69) is 4.99 Å². The minimum atomic E-state index is -0.380. The van der Waals surface area contributed by atoms with Crippen LogP contribution in [0, 0.1) is 0 Å². The van der Waals surface area contributed by atoms with Crippen molar-refractivity contribution >= 4 is 46.0 Å². The van der Waals surface area contributed by atoms with Crippen LogP contribution in [0.1, 0.15) is 38.1 Å². The first kappa shape index (κ1) is 22.6. The minimum Gasteiger partial charge on any atom is -0.463 e. The second-order valence-electron chi connectivity index (χ2n) is 7.69. The van der Waals surface area contributed by atoms with Gasteiger partial charge in [0.15, 0.2) is 5.17 Å². The van der Waals surface area contributed by atoms with Crippen LogP contribution < -0.4 is 0 Å². The molecule has 4 heterocycles. The molecule has 0 aliphatic carbocycles. The van der Waals surface area contributed by atoms with E-state index in [1.54, 1.807) is 35.0 Å². The van der Waals surface area contributed by atoms with Crippen molar-refractivity contribution in [2.75, 3.05) is 32.8 Å². The molecule has 170 valence electrons. The predicted molar refractivity (Wildman–Crippen MR) is 125 cm³/mol. The van der Waals surface area contributed by atoms with E-state index in [4.69, 9.17) is 4.74 Å². The van der Waals surface area contributed by atoms with Gasteiger partial charge in [0.25, 0.3) is 0 Å². The maximum Gasteiger partial charge on any atom is 0.338 e. The van der Waals surface area contributed by atoms with Gasteiger partial charge in [-0.1, -0.05) is 17.8 Å². The summed E-state index contributed by atoms with van der Waals surface area (Å²) >= 11 is 3.03. The van der Waals surface area contributed by atoms with Crippen LogP contribution in [-0.4, -0.2) is 70.4 Å². The molecular weight excluding hydrogens is 448 g/mol. The van der Waals surface area contributed by atoms with Gasteiger partial charge in [-0.3, -0.25) is 9.59 Å². The lowest BCUT2D eigenvalue weighted by atomic mass is 9.99. The number of thiophene rings is 1. The number of nitrogens with zero attached hydrogens (tertiary/aromatic N) is 4. The Morgan fingerprint density at radius 1 is 1.19 bits per heavy atom. The molecule has 1 unspecified atom stereocenters. The topological polar surface area (TPSA) is 82.5 Å². The molecule has 4 rings (SSSR count). The third-order valence-electron chi connectivity index (χ3n) is 5.72. The first-order valence-corrected chi connectivity index (χ1v) is 12.3. The van der Waals surface area contributed by atoms with Crippen LogP contribution in [0.2, 0.25) is 0 Å². The third kappa shape index (κ3) is 4.33. The van der Waals surface area contributed by atoms with Crippen LogP contribution in [0.3, 0.4) is 0 Å². The monoisotopic (exact) mass is 474 g/mol. The number of allylic oxidation sites excluding steroid dienone is 1. The summed E-state index contributed by atoms with van der Waals surface area (Å²) in [7, 11) is 0. The molecule has 3 aliphatic heterocycles. The Bertz CT molecular complexity index is 1010. The van der Waals surface area contributed by atoms with Crippen LogP contribution >= 0.6 is 23.1 Å². The number of amides is 2. The molecule has 0 radical (unpaired) electrons. The normalized spacial score (nSPS) is 20.7. The zero-order valence-corrected chi connectivity index (χ0v) is 20.0. The first-order chi connectivity index (χ1) is 15.4. The molecule has 0 N–H and O–H groups in total. The van der Waals surface area contributed by atoms with E-state index in [-0.39, 0.29) is 36.9 Å². The number of piperazine rings is 1. The molecule has 8 nitrogen and oxygen atoms in total. The Labute approximate surface area is 195 Å². The Hall–Kier alpha value is -2.59. The number of aliphatic imine (C=N–C) groups is 1. The smallest absolute Gasteiger partial charge is 0.338 e. The zero-order valence-electron chi connectivity index (χ0n) is 18.4. The number of rotatable bonds is 5. The van der Waals surface area contributed by atoms with Crippen molar-refractivity contribution in [3.63, 3.8) is 0 Å². The van der Waals surface area contributed by atoms with Crippen molar-refractivity contribution in [2.24, 2.45) is 4.99 Å². The van der Waals surface area contributed by atoms with Gasteiger partial charge in [-0.05, 0) is 30.7 Å². The molecule has 0 aromatic carbocycles. The van der Waals surface area contributed by atoms with E-state index in [0.717, 1.165) is 15.7 Å². The average Bonchev–Trinajstić information content (AvgIpc) is 3.43. The summed E-state index contributed by atoms with van der Waals surface area (Å²) in [6.07, 6.45) is 0.211. The third-order valence-corrected chi connectivity index (χ3v) is 7.53. The Kier molecular flexibility index (Phi) is 6.71. The number of hydrogen-bond acceptors (Lipinski definition) is 8. The molecule has 1 fully saturated rings. The van der Waals surface area contributed by atoms with Crippen molar-refractivity contribution in [1.82, 2.24) is 14.7 Å². The minimum absolute atomic E-state index is 0.00944. The van der Waals surface area contributed by atoms with Crippen molar-refractivity contribution in [3.8, 4) is 0 Å². The summed E-state index contributed by atoms with van der Waals surface area (Å²) < 4.78 is 5.35. The summed E-state index contributed by atoms with van der Waals surface area (Å²) in [6, 6.07) is 3.58. The fourth-order valence-electron chi connectivity index (χ4n) is 4.09. The van der Waals surface area contributed by atoms with Gasteiger partial charge in [0.1, 0.15) is 6.04 Å². The number of thioether (sulfide) groups is 1. The summed E-state index contributed by atoms with van der Waals surface area (Å²) in [5, 5.41) is 4.69. The Balaban J connectivity index is 1.56. The number of carbonyl (C=O) groups is 3. The Morgan fingerprint density at radius 2 is 1.91 bits per heavy atom. The van der Waals surface area contributed by atoms with Crippen molar-refractivity contribution < 1.29 is 19.1 Å². The molecule has 1 aromatic heterocycles. The number of carbonyl (C=O) groups excluding carboxylic acids is 3. The summed E-state index contributed by atoms with van der Waals surface area (Å²) in [6.45, 7) is 7.61. The van der Waals surface area contributed by atoms with Crippen LogP contribution in [0.15, 0.2) is 44.9 Å². The number of hydrogen-bond donors (Lipinski definition) is 0. The van der Waals surface area contributed by atoms with Crippen molar-refractivity contribution in [2.45, 2.75) is 33.2 Å². The lowest BCUT2D eigenvalue weighted by molar-refractivity contribution is -0.139. The number of amidine groups is 1. The summed E-state index contributed by atoms with van der Waals surface area (Å²) in [5.74, 6) is -0.335. The SMILES string of the molecule is CCOC(=O)C1=C(C)N=C2SC=C(CC(=O)N3CCN(C(C)=O)CC3)N2C1c1cccs1. The second-order valence-corrected chi connectivity index (χ2v) is 9.51. The highest BCUT2D eigenvalue weighted by Gasteiger charge is 2.42. The lowest BCUT2D eigenvalue weighted by Gasteiger charge is -2.37. The highest BCUT2D eigenvalue weighted by atomic mass is 32.2. The van der Waals surface area contributed by atoms with Crippen molar-refractivity contribution in [1.29, 1.82) is 0 Å². The molecule has 0 bridgehead atoms. The van der Waals surface area contributed by atoms with Gasteiger partial charge in [0.2, 0.25) is 11.8 Å². The van der Waals surface area contributed by atoms with E-state index in [9.17, 15) is 14.4 Å². The van der Waals surface area contributed by atoms with Gasteiger partial charge in [-0.2, -0.15) is 0 Å². The molecule has 32 heavy (non-hydrogen) atoms. The van der Waals surface area contributed by atoms with E-state index in [0.29, 0.717) is 37.4 Å². The molecular formula is C22H26N4O4S2. The summed E-state index contributed by atoms with van der Waals surface area (Å²) in [5.41, 5.74) is 1.97.